The number of Topliss-reactive ketones (excluding diaryl/α,β-unsaturated/α-hetero) is 1. The zero-order valence-corrected chi connectivity index (χ0v) is 19.2. The number of ketones is 1. The zero-order chi connectivity index (χ0) is 22.3. The molecule has 6 N–H and O–H groups in total. The van der Waals surface area contributed by atoms with Gasteiger partial charge in [0.1, 0.15) is 5.78 Å². The second kappa shape index (κ2) is 15.1. The fourth-order valence-electron chi connectivity index (χ4n) is 2.22. The number of hydrogen-bond acceptors (Lipinski definition) is 6. The number of carbonyl (C=O) groups excluding carboxylic acids is 3. The van der Waals surface area contributed by atoms with E-state index in [0.717, 1.165) is 6.42 Å². The smallest absolute Gasteiger partial charge is 0.236 e. The Bertz CT molecular complexity index is 549. The number of nitrogens with one attached hydrogen (secondary N) is 4. The average Bonchev–Trinajstić information content (AvgIpc) is 2.66. The van der Waals surface area contributed by atoms with Gasteiger partial charge < -0.3 is 27.0 Å². The molecule has 168 valence electrons. The van der Waals surface area contributed by atoms with Gasteiger partial charge in [0.15, 0.2) is 5.96 Å². The Morgan fingerprint density at radius 2 is 1.76 bits per heavy atom. The van der Waals surface area contributed by atoms with Gasteiger partial charge >= 0.3 is 0 Å². The number of carbonyl (C=O) groups is 3. The molecular formula is C19H38N6O3S. The quantitative estimate of drug-likeness (QED) is 0.156. The predicted molar refractivity (Wildman–Crippen MR) is 120 cm³/mol. The maximum atomic E-state index is 12.0. The number of thioether (sulfide) groups is 1. The van der Waals surface area contributed by atoms with Gasteiger partial charge in [-0.2, -0.15) is 11.8 Å². The van der Waals surface area contributed by atoms with Crippen molar-refractivity contribution in [2.75, 3.05) is 45.2 Å². The van der Waals surface area contributed by atoms with Gasteiger partial charge in [-0.3, -0.25) is 19.4 Å². The summed E-state index contributed by atoms with van der Waals surface area (Å²) in [5.41, 5.74) is 5.51. The Hall–Kier alpha value is -1.81. The van der Waals surface area contributed by atoms with Crippen LogP contribution in [0.15, 0.2) is 4.99 Å². The van der Waals surface area contributed by atoms with Crippen LogP contribution in [-0.4, -0.2) is 74.8 Å². The topological polar surface area (TPSA) is 138 Å². The van der Waals surface area contributed by atoms with Crippen LogP contribution in [0, 0.1) is 5.41 Å². The Morgan fingerprint density at radius 3 is 2.34 bits per heavy atom. The standard InChI is InChI=1S/C19H38N6O3S/c1-19(2,3)15(26)8-10-23-16(27)13-29-12-11-24-17(28)14(20)7-6-9-25-18(21-4)22-5/h14H,6-13,20H2,1-5H3,(H,23,27)(H,24,28)(H2,21,22,25). The van der Waals surface area contributed by atoms with Crippen molar-refractivity contribution in [3.05, 3.63) is 0 Å². The third kappa shape index (κ3) is 13.9. The van der Waals surface area contributed by atoms with Crippen LogP contribution in [0.2, 0.25) is 0 Å². The number of hydrogen-bond donors (Lipinski definition) is 5. The first kappa shape index (κ1) is 27.2. The first-order chi connectivity index (χ1) is 13.6. The summed E-state index contributed by atoms with van der Waals surface area (Å²) in [6, 6.07) is -0.554. The van der Waals surface area contributed by atoms with Gasteiger partial charge in [-0.25, -0.2) is 0 Å². The summed E-state index contributed by atoms with van der Waals surface area (Å²) < 4.78 is 0. The van der Waals surface area contributed by atoms with E-state index in [4.69, 9.17) is 5.73 Å². The maximum absolute atomic E-state index is 12.0. The number of guanidine groups is 1. The molecule has 1 unspecified atom stereocenters. The van der Waals surface area contributed by atoms with Crippen molar-refractivity contribution >= 4 is 35.3 Å². The van der Waals surface area contributed by atoms with Crippen molar-refractivity contribution in [3.63, 3.8) is 0 Å². The first-order valence-electron chi connectivity index (χ1n) is 9.91. The molecule has 0 aliphatic carbocycles. The number of amides is 2. The number of nitrogens with two attached hydrogens (primary N) is 1. The van der Waals surface area contributed by atoms with Crippen molar-refractivity contribution in [3.8, 4) is 0 Å². The molecule has 9 nitrogen and oxygen atoms in total. The Morgan fingerprint density at radius 1 is 1.07 bits per heavy atom. The average molecular weight is 431 g/mol. The largest absolute Gasteiger partial charge is 0.359 e. The first-order valence-corrected chi connectivity index (χ1v) is 11.1. The second-order valence-corrected chi connectivity index (χ2v) is 8.72. The molecule has 0 fully saturated rings. The summed E-state index contributed by atoms with van der Waals surface area (Å²) in [6.07, 6.45) is 1.66. The molecule has 0 aliphatic heterocycles. The molecule has 0 aromatic carbocycles. The lowest BCUT2D eigenvalue weighted by atomic mass is 9.89. The molecule has 0 aliphatic rings. The molecule has 0 spiro atoms. The van der Waals surface area contributed by atoms with Crippen LogP contribution in [0.3, 0.4) is 0 Å². The molecule has 0 bridgehead atoms. The molecule has 1 atom stereocenters. The predicted octanol–water partition coefficient (Wildman–Crippen LogP) is -0.140. The van der Waals surface area contributed by atoms with Crippen LogP contribution in [0.5, 0.6) is 0 Å². The third-order valence-electron chi connectivity index (χ3n) is 4.07. The molecule has 2 amide bonds. The SMILES string of the molecule is CN=C(NC)NCCCC(N)C(=O)NCCSCC(=O)NCCC(=O)C(C)(C)C. The molecule has 0 heterocycles. The van der Waals surface area contributed by atoms with E-state index in [1.54, 1.807) is 14.1 Å². The summed E-state index contributed by atoms with van der Waals surface area (Å²) in [7, 11) is 3.47. The summed E-state index contributed by atoms with van der Waals surface area (Å²) in [5, 5.41) is 11.5. The monoisotopic (exact) mass is 430 g/mol. The molecule has 29 heavy (non-hydrogen) atoms. The van der Waals surface area contributed by atoms with Gasteiger partial charge in [-0.15, -0.1) is 0 Å². The molecule has 0 saturated heterocycles. The molecule has 10 heteroatoms. The van der Waals surface area contributed by atoms with Crippen molar-refractivity contribution in [1.82, 2.24) is 21.3 Å². The van der Waals surface area contributed by atoms with E-state index >= 15 is 0 Å². The fraction of sp³-hybridized carbons (Fsp3) is 0.789. The van der Waals surface area contributed by atoms with E-state index in [1.807, 2.05) is 20.8 Å². The van der Waals surface area contributed by atoms with Crippen LogP contribution in [0.25, 0.3) is 0 Å². The van der Waals surface area contributed by atoms with Gasteiger partial charge in [0.05, 0.1) is 11.8 Å². The summed E-state index contributed by atoms with van der Waals surface area (Å²) in [5.74, 6) is 1.44. The van der Waals surface area contributed by atoms with E-state index < -0.39 is 6.04 Å². The van der Waals surface area contributed by atoms with Crippen LogP contribution in [0.4, 0.5) is 0 Å². The zero-order valence-electron chi connectivity index (χ0n) is 18.4. The van der Waals surface area contributed by atoms with Crippen LogP contribution in [0.1, 0.15) is 40.0 Å². The van der Waals surface area contributed by atoms with Gasteiger partial charge in [0, 0.05) is 51.3 Å². The van der Waals surface area contributed by atoms with E-state index in [-0.39, 0.29) is 23.0 Å². The van der Waals surface area contributed by atoms with E-state index in [1.165, 1.54) is 11.8 Å². The number of aliphatic imine (C=N–C) groups is 1. The Kier molecular flexibility index (Phi) is 14.1. The van der Waals surface area contributed by atoms with Gasteiger partial charge in [-0.05, 0) is 12.8 Å². The minimum absolute atomic E-state index is 0.108. The third-order valence-corrected chi connectivity index (χ3v) is 5.03. The van der Waals surface area contributed by atoms with E-state index in [9.17, 15) is 14.4 Å². The van der Waals surface area contributed by atoms with Gasteiger partial charge in [-0.1, -0.05) is 20.8 Å². The second-order valence-electron chi connectivity index (χ2n) is 7.61. The lowest BCUT2D eigenvalue weighted by molar-refractivity contribution is -0.126. The van der Waals surface area contributed by atoms with Gasteiger partial charge in [0.2, 0.25) is 11.8 Å². The number of rotatable bonds is 13. The highest BCUT2D eigenvalue weighted by Gasteiger charge is 2.20. The minimum atomic E-state index is -0.554. The normalized spacial score (nSPS) is 12.8. The molecule has 0 aromatic heterocycles. The molecule has 0 radical (unpaired) electrons. The van der Waals surface area contributed by atoms with Crippen molar-refractivity contribution < 1.29 is 14.4 Å². The minimum Gasteiger partial charge on any atom is -0.359 e. The lowest BCUT2D eigenvalue weighted by Crippen LogP contribution is -2.42. The Balaban J connectivity index is 3.74. The summed E-state index contributed by atoms with van der Waals surface area (Å²) in [4.78, 5) is 39.5. The van der Waals surface area contributed by atoms with Crippen LogP contribution in [-0.2, 0) is 14.4 Å². The highest BCUT2D eigenvalue weighted by atomic mass is 32.2. The van der Waals surface area contributed by atoms with Crippen LogP contribution >= 0.6 is 11.8 Å². The highest BCUT2D eigenvalue weighted by Crippen LogP contribution is 2.15. The summed E-state index contributed by atoms with van der Waals surface area (Å²) >= 11 is 1.43. The van der Waals surface area contributed by atoms with Crippen molar-refractivity contribution in [1.29, 1.82) is 0 Å². The van der Waals surface area contributed by atoms with Crippen molar-refractivity contribution in [2.24, 2.45) is 16.1 Å². The fourth-order valence-corrected chi connectivity index (χ4v) is 2.90. The molecule has 0 aromatic rings. The molecule has 0 rings (SSSR count). The van der Waals surface area contributed by atoms with Crippen molar-refractivity contribution in [2.45, 2.75) is 46.1 Å². The maximum Gasteiger partial charge on any atom is 0.236 e. The van der Waals surface area contributed by atoms with E-state index in [0.29, 0.717) is 49.9 Å². The van der Waals surface area contributed by atoms with Crippen LogP contribution < -0.4 is 27.0 Å². The summed E-state index contributed by atoms with van der Waals surface area (Å²) in [6.45, 7) is 7.09. The highest BCUT2D eigenvalue weighted by molar-refractivity contribution is 7.99. The number of nitrogens with zero attached hydrogens (tertiary/aromatic N) is 1. The van der Waals surface area contributed by atoms with Gasteiger partial charge in [0.25, 0.3) is 0 Å². The van der Waals surface area contributed by atoms with E-state index in [2.05, 4.69) is 26.3 Å². The molecule has 0 saturated carbocycles. The lowest BCUT2D eigenvalue weighted by Gasteiger charge is -2.16. The Labute approximate surface area is 178 Å². The molecular weight excluding hydrogens is 392 g/mol.